The maximum absolute atomic E-state index is 7.31. The fourth-order valence-corrected chi connectivity index (χ4v) is 4.86. The smallest absolute Gasteiger partial charge is 0.138 e. The van der Waals surface area contributed by atoms with Gasteiger partial charge in [0.25, 0.3) is 0 Å². The van der Waals surface area contributed by atoms with Crippen molar-refractivity contribution in [2.45, 2.75) is 12.1 Å². The first-order valence-electron chi connectivity index (χ1n) is 10.7. The second-order valence-corrected chi connectivity index (χ2v) is 8.83. The fourth-order valence-electron chi connectivity index (χ4n) is 4.69. The molecular formula is C27H21ClN4O. The summed E-state index contributed by atoms with van der Waals surface area (Å²) in [4.78, 5) is 8.96. The third-order valence-electron chi connectivity index (χ3n) is 6.44. The van der Waals surface area contributed by atoms with Crippen molar-refractivity contribution in [1.29, 1.82) is 0 Å². The molecular weight excluding hydrogens is 432 g/mol. The Morgan fingerprint density at radius 1 is 1.03 bits per heavy atom. The van der Waals surface area contributed by atoms with Gasteiger partial charge in [-0.3, -0.25) is 4.98 Å². The number of benzene rings is 3. The molecule has 6 bridgehead atoms. The summed E-state index contributed by atoms with van der Waals surface area (Å²) < 4.78 is 8.13. The quantitative estimate of drug-likeness (QED) is 0.368. The summed E-state index contributed by atoms with van der Waals surface area (Å²) in [6.45, 7) is 0.395. The van der Waals surface area contributed by atoms with Crippen LogP contribution >= 0.6 is 11.6 Å². The van der Waals surface area contributed by atoms with E-state index < -0.39 is 5.54 Å². The predicted molar refractivity (Wildman–Crippen MR) is 130 cm³/mol. The Bertz CT molecular complexity index is 1530. The third-order valence-corrected chi connectivity index (χ3v) is 6.75. The van der Waals surface area contributed by atoms with Gasteiger partial charge in [-0.1, -0.05) is 41.9 Å². The molecule has 3 heterocycles. The number of hydrogen-bond donors (Lipinski definition) is 1. The van der Waals surface area contributed by atoms with Gasteiger partial charge in [-0.05, 0) is 64.2 Å². The molecule has 1 aliphatic rings. The van der Waals surface area contributed by atoms with E-state index >= 15 is 0 Å². The summed E-state index contributed by atoms with van der Waals surface area (Å²) >= 11 is 6.52. The third kappa shape index (κ3) is 3.12. The molecule has 2 aromatic heterocycles. The fraction of sp³-hybridized carbons (Fsp3) is 0.111. The van der Waals surface area contributed by atoms with E-state index in [0.29, 0.717) is 17.4 Å². The molecule has 3 aromatic carbocycles. The van der Waals surface area contributed by atoms with Gasteiger partial charge in [-0.15, -0.1) is 0 Å². The molecule has 0 fully saturated rings. The Balaban J connectivity index is 1.73. The number of ether oxygens (including phenoxy) is 1. The monoisotopic (exact) mass is 452 g/mol. The van der Waals surface area contributed by atoms with Crippen LogP contribution in [0.25, 0.3) is 22.0 Å². The number of nitrogens with two attached hydrogens (primary N) is 1. The topological polar surface area (TPSA) is 66.0 Å². The maximum Gasteiger partial charge on any atom is 0.138 e. The minimum absolute atomic E-state index is 0.395. The van der Waals surface area contributed by atoms with Crippen LogP contribution in [0, 0.1) is 0 Å². The molecule has 5 nitrogen and oxygen atoms in total. The van der Waals surface area contributed by atoms with Crippen LogP contribution in [0.4, 0.5) is 0 Å². The maximum atomic E-state index is 7.31. The van der Waals surface area contributed by atoms with Crippen LogP contribution in [0.15, 0.2) is 85.5 Å². The lowest BCUT2D eigenvalue weighted by Gasteiger charge is -2.32. The molecule has 6 rings (SSSR count). The molecule has 0 saturated heterocycles. The first-order chi connectivity index (χ1) is 16.0. The van der Waals surface area contributed by atoms with Crippen molar-refractivity contribution in [3.63, 3.8) is 0 Å². The van der Waals surface area contributed by atoms with E-state index in [1.807, 2.05) is 66.5 Å². The summed E-state index contributed by atoms with van der Waals surface area (Å²) in [6, 6.07) is 22.3. The highest BCUT2D eigenvalue weighted by Gasteiger charge is 2.36. The molecule has 33 heavy (non-hydrogen) atoms. The minimum Gasteiger partial charge on any atom is -0.487 e. The molecule has 2 N–H and O–H groups in total. The number of hydrogen-bond acceptors (Lipinski definition) is 4. The second-order valence-electron chi connectivity index (χ2n) is 8.42. The number of rotatable bonds is 1. The number of imidazole rings is 1. The first-order valence-corrected chi connectivity index (χ1v) is 11.1. The zero-order valence-corrected chi connectivity index (χ0v) is 18.8. The number of pyridine rings is 1. The lowest BCUT2D eigenvalue weighted by atomic mass is 9.80. The molecule has 0 amide bonds. The van der Waals surface area contributed by atoms with Crippen LogP contribution in [0.2, 0.25) is 5.02 Å². The molecule has 0 spiro atoms. The molecule has 0 aliphatic carbocycles. The van der Waals surface area contributed by atoms with Crippen molar-refractivity contribution < 1.29 is 4.74 Å². The Morgan fingerprint density at radius 2 is 1.88 bits per heavy atom. The van der Waals surface area contributed by atoms with Gasteiger partial charge in [0.05, 0.1) is 28.8 Å². The molecule has 5 aromatic rings. The van der Waals surface area contributed by atoms with E-state index in [2.05, 4.69) is 34.2 Å². The van der Waals surface area contributed by atoms with Crippen LogP contribution in [-0.2, 0) is 19.2 Å². The van der Waals surface area contributed by atoms with E-state index in [-0.39, 0.29) is 0 Å². The number of aryl methyl sites for hydroxylation is 1. The molecule has 1 unspecified atom stereocenters. The van der Waals surface area contributed by atoms with Crippen molar-refractivity contribution in [3.05, 3.63) is 113 Å². The van der Waals surface area contributed by atoms with E-state index in [9.17, 15) is 0 Å². The highest BCUT2D eigenvalue weighted by atomic mass is 35.5. The van der Waals surface area contributed by atoms with Gasteiger partial charge in [0.1, 0.15) is 17.9 Å². The number of nitrogens with zero attached hydrogens (tertiary/aromatic N) is 3. The lowest BCUT2D eigenvalue weighted by molar-refractivity contribution is 0.305. The average molecular weight is 453 g/mol. The van der Waals surface area contributed by atoms with E-state index in [0.717, 1.165) is 44.4 Å². The minimum atomic E-state index is -0.984. The Kier molecular flexibility index (Phi) is 4.50. The largest absolute Gasteiger partial charge is 0.487 e. The van der Waals surface area contributed by atoms with Gasteiger partial charge in [-0.2, -0.15) is 0 Å². The van der Waals surface area contributed by atoms with Crippen LogP contribution in [0.3, 0.4) is 0 Å². The second kappa shape index (κ2) is 7.44. The predicted octanol–water partition coefficient (Wildman–Crippen LogP) is 5.43. The number of fused-ring (bicyclic) bond motifs is 6. The number of halogens is 1. The summed E-state index contributed by atoms with van der Waals surface area (Å²) in [5.74, 6) is 0.594. The molecule has 1 atom stereocenters. The van der Waals surface area contributed by atoms with Crippen molar-refractivity contribution in [1.82, 2.24) is 14.5 Å². The first kappa shape index (κ1) is 20.0. The normalized spacial score (nSPS) is 17.2. The highest BCUT2D eigenvalue weighted by molar-refractivity contribution is 6.32. The van der Waals surface area contributed by atoms with Crippen LogP contribution in [-0.4, -0.2) is 14.5 Å². The average Bonchev–Trinajstić information content (AvgIpc) is 3.28. The lowest BCUT2D eigenvalue weighted by Crippen LogP contribution is -2.41. The SMILES string of the molecule is Cn1cncc1C1(N)c2ccc(Cl)c(c2)OCc2cccc(c2)-c2ccnc3ccc1cc23. The van der Waals surface area contributed by atoms with Crippen molar-refractivity contribution in [3.8, 4) is 16.9 Å². The van der Waals surface area contributed by atoms with Gasteiger partial charge in [0.15, 0.2) is 0 Å². The zero-order valence-electron chi connectivity index (χ0n) is 18.0. The van der Waals surface area contributed by atoms with Crippen LogP contribution < -0.4 is 10.5 Å². The molecule has 6 heteroatoms. The van der Waals surface area contributed by atoms with Crippen molar-refractivity contribution >= 4 is 22.5 Å². The number of aromatic nitrogens is 3. The van der Waals surface area contributed by atoms with E-state index in [1.54, 1.807) is 6.33 Å². The molecule has 0 radical (unpaired) electrons. The molecule has 1 aliphatic heterocycles. The van der Waals surface area contributed by atoms with Gasteiger partial charge in [0, 0.05) is 18.6 Å². The summed E-state index contributed by atoms with van der Waals surface area (Å²) in [5.41, 5.74) is 13.1. The van der Waals surface area contributed by atoms with Gasteiger partial charge in [-0.25, -0.2) is 4.98 Å². The van der Waals surface area contributed by atoms with Gasteiger partial charge >= 0.3 is 0 Å². The van der Waals surface area contributed by atoms with Crippen LogP contribution in [0.5, 0.6) is 5.75 Å². The Hall–Kier alpha value is -3.67. The summed E-state index contributed by atoms with van der Waals surface area (Å²) in [6.07, 6.45) is 5.42. The Labute approximate surface area is 196 Å². The van der Waals surface area contributed by atoms with Gasteiger partial charge in [0.2, 0.25) is 0 Å². The summed E-state index contributed by atoms with van der Waals surface area (Å²) in [5, 5.41) is 1.58. The zero-order chi connectivity index (χ0) is 22.6. The Morgan fingerprint density at radius 3 is 2.73 bits per heavy atom. The van der Waals surface area contributed by atoms with Crippen LogP contribution in [0.1, 0.15) is 22.4 Å². The van der Waals surface area contributed by atoms with Crippen molar-refractivity contribution in [2.24, 2.45) is 12.8 Å². The van der Waals surface area contributed by atoms with E-state index in [1.165, 1.54) is 0 Å². The molecule has 0 saturated carbocycles. The van der Waals surface area contributed by atoms with Gasteiger partial charge < -0.3 is 15.0 Å². The van der Waals surface area contributed by atoms with Crippen molar-refractivity contribution in [2.75, 3.05) is 0 Å². The van der Waals surface area contributed by atoms with E-state index in [4.69, 9.17) is 22.1 Å². The standard InChI is InChI=1S/C27H21ClN4O/c1-32-16-30-14-26(32)27(29)19-6-8-24-22(12-19)21(9-10-31-24)18-4-2-3-17(11-18)15-33-25-13-20(27)5-7-23(25)28/h2-14,16H,15,29H2,1H3. The highest BCUT2D eigenvalue weighted by Crippen LogP contribution is 2.40. The summed E-state index contributed by atoms with van der Waals surface area (Å²) in [7, 11) is 1.95. The molecule has 162 valence electrons.